The number of carbonyl (C=O) groups is 1. The minimum atomic E-state index is -3.59. The van der Waals surface area contributed by atoms with E-state index in [1.165, 1.54) is 30.2 Å². The first kappa shape index (κ1) is 16.3. The minimum absolute atomic E-state index is 0.295. The van der Waals surface area contributed by atoms with Gasteiger partial charge in [0, 0.05) is 25.5 Å². The number of aryl methyl sites for hydroxylation is 1. The van der Waals surface area contributed by atoms with E-state index in [1.54, 1.807) is 6.07 Å². The van der Waals surface area contributed by atoms with Gasteiger partial charge in [-0.05, 0) is 24.6 Å². The number of nitrogens with zero attached hydrogens (tertiary/aromatic N) is 2. The minimum Gasteiger partial charge on any atom is -0.325 e. The third kappa shape index (κ3) is 3.57. The summed E-state index contributed by atoms with van der Waals surface area (Å²) in [6.45, 7) is 1.93. The second kappa shape index (κ2) is 6.35. The average Bonchev–Trinajstić information content (AvgIpc) is 2.88. The van der Waals surface area contributed by atoms with Crippen LogP contribution in [0.5, 0.6) is 0 Å². The van der Waals surface area contributed by atoms with Gasteiger partial charge in [-0.3, -0.25) is 4.79 Å². The Hall–Kier alpha value is -1.09. The molecule has 1 atom stereocenters. The van der Waals surface area contributed by atoms with E-state index in [-0.39, 0.29) is 5.91 Å². The maximum absolute atomic E-state index is 12.4. The van der Waals surface area contributed by atoms with Crippen LogP contribution in [0.3, 0.4) is 0 Å². The second-order valence-corrected chi connectivity index (χ2v) is 8.15. The first-order chi connectivity index (χ1) is 9.82. The molecule has 1 fully saturated rings. The van der Waals surface area contributed by atoms with Crippen molar-refractivity contribution in [1.29, 1.82) is 0 Å². The molecule has 0 aromatic heterocycles. The summed E-state index contributed by atoms with van der Waals surface area (Å²) in [5.41, 5.74) is 1.71. The SMILES string of the molecule is Cc1cccc(NC(=O)[C@H]2CSCN2S(=O)(=O)N(C)C)c1. The maximum Gasteiger partial charge on any atom is 0.282 e. The van der Waals surface area contributed by atoms with Crippen LogP contribution in [0.15, 0.2) is 24.3 Å². The van der Waals surface area contributed by atoms with Gasteiger partial charge in [0.25, 0.3) is 10.2 Å². The molecule has 21 heavy (non-hydrogen) atoms. The number of rotatable bonds is 4. The van der Waals surface area contributed by atoms with Crippen LogP contribution in [0.4, 0.5) is 5.69 Å². The van der Waals surface area contributed by atoms with Crippen molar-refractivity contribution in [2.45, 2.75) is 13.0 Å². The van der Waals surface area contributed by atoms with Gasteiger partial charge in [-0.1, -0.05) is 12.1 Å². The molecule has 1 aliphatic rings. The Labute approximate surface area is 129 Å². The molecule has 1 heterocycles. The lowest BCUT2D eigenvalue weighted by Crippen LogP contribution is -2.48. The smallest absolute Gasteiger partial charge is 0.282 e. The molecule has 116 valence electrons. The van der Waals surface area contributed by atoms with E-state index in [0.717, 1.165) is 9.87 Å². The van der Waals surface area contributed by atoms with Crippen molar-refractivity contribution in [3.05, 3.63) is 29.8 Å². The molecule has 0 unspecified atom stereocenters. The fourth-order valence-electron chi connectivity index (χ4n) is 2.02. The van der Waals surface area contributed by atoms with Crippen molar-refractivity contribution in [2.75, 3.05) is 31.0 Å². The number of nitrogens with one attached hydrogen (secondary N) is 1. The number of benzene rings is 1. The number of hydrogen-bond donors (Lipinski definition) is 1. The van der Waals surface area contributed by atoms with Crippen LogP contribution in [0.25, 0.3) is 0 Å². The summed E-state index contributed by atoms with van der Waals surface area (Å²) in [4.78, 5) is 12.4. The van der Waals surface area contributed by atoms with Gasteiger partial charge in [-0.25, -0.2) is 0 Å². The standard InChI is InChI=1S/C13H19N3O3S2/c1-10-5-4-6-11(7-10)14-13(17)12-8-20-9-16(12)21(18,19)15(2)3/h4-7,12H,8-9H2,1-3H3,(H,14,17)/t12-/m1/s1. The summed E-state index contributed by atoms with van der Waals surface area (Å²) in [6, 6.07) is 6.75. The van der Waals surface area contributed by atoms with Gasteiger partial charge >= 0.3 is 0 Å². The lowest BCUT2D eigenvalue weighted by atomic mass is 10.2. The van der Waals surface area contributed by atoms with E-state index in [0.29, 0.717) is 17.3 Å². The maximum atomic E-state index is 12.4. The summed E-state index contributed by atoms with van der Waals surface area (Å²) >= 11 is 1.44. The van der Waals surface area contributed by atoms with Gasteiger partial charge < -0.3 is 5.32 Å². The first-order valence-corrected chi connectivity index (χ1v) is 9.02. The zero-order valence-corrected chi connectivity index (χ0v) is 13.9. The molecule has 6 nitrogen and oxygen atoms in total. The molecule has 1 amide bonds. The quantitative estimate of drug-likeness (QED) is 0.898. The molecule has 0 aliphatic carbocycles. The van der Waals surface area contributed by atoms with Gasteiger partial charge in [-0.15, -0.1) is 11.8 Å². The van der Waals surface area contributed by atoms with Crippen LogP contribution in [-0.2, 0) is 15.0 Å². The molecule has 0 spiro atoms. The summed E-state index contributed by atoms with van der Waals surface area (Å²) in [7, 11) is -0.654. The van der Waals surface area contributed by atoms with Gasteiger partial charge in [-0.2, -0.15) is 17.0 Å². The van der Waals surface area contributed by atoms with Gasteiger partial charge in [0.1, 0.15) is 6.04 Å². The third-order valence-corrected chi connectivity index (χ3v) is 6.26. The third-order valence-electron chi connectivity index (χ3n) is 3.19. The van der Waals surface area contributed by atoms with E-state index in [1.807, 2.05) is 25.1 Å². The molecular formula is C13H19N3O3S2. The Morgan fingerprint density at radius 3 is 2.76 bits per heavy atom. The van der Waals surface area contributed by atoms with Gasteiger partial charge in [0.05, 0.1) is 5.88 Å². The first-order valence-electron chi connectivity index (χ1n) is 6.47. The van der Waals surface area contributed by atoms with Crippen molar-refractivity contribution in [2.24, 2.45) is 0 Å². The van der Waals surface area contributed by atoms with Crippen LogP contribution in [-0.4, -0.2) is 54.7 Å². The largest absolute Gasteiger partial charge is 0.325 e. The number of hydrogen-bond acceptors (Lipinski definition) is 4. The monoisotopic (exact) mass is 329 g/mol. The number of anilines is 1. The number of thioether (sulfide) groups is 1. The molecule has 1 aromatic carbocycles. The zero-order chi connectivity index (χ0) is 15.6. The summed E-state index contributed by atoms with van der Waals surface area (Å²) in [5.74, 6) is 0.466. The fourth-order valence-corrected chi connectivity index (χ4v) is 4.80. The van der Waals surface area contributed by atoms with Crippen molar-refractivity contribution in [3.8, 4) is 0 Å². The molecule has 0 radical (unpaired) electrons. The van der Waals surface area contributed by atoms with Crippen molar-refractivity contribution in [1.82, 2.24) is 8.61 Å². The molecule has 8 heteroatoms. The number of amides is 1. The summed E-state index contributed by atoms with van der Waals surface area (Å²) in [5, 5.41) is 2.79. The highest BCUT2D eigenvalue weighted by molar-refractivity contribution is 8.00. The van der Waals surface area contributed by atoms with Crippen LogP contribution in [0.2, 0.25) is 0 Å². The lowest BCUT2D eigenvalue weighted by molar-refractivity contribution is -0.118. The molecular weight excluding hydrogens is 310 g/mol. The van der Waals surface area contributed by atoms with E-state index in [9.17, 15) is 13.2 Å². The molecule has 2 rings (SSSR count). The zero-order valence-electron chi connectivity index (χ0n) is 12.2. The Bertz CT molecular complexity index is 631. The van der Waals surface area contributed by atoms with Crippen LogP contribution in [0, 0.1) is 6.92 Å². The highest BCUT2D eigenvalue weighted by Gasteiger charge is 2.40. The molecule has 0 saturated carbocycles. The van der Waals surface area contributed by atoms with Gasteiger partial charge in [0.2, 0.25) is 5.91 Å². The van der Waals surface area contributed by atoms with Crippen LogP contribution in [0.1, 0.15) is 5.56 Å². The van der Waals surface area contributed by atoms with Crippen molar-refractivity contribution >= 4 is 33.6 Å². The highest BCUT2D eigenvalue weighted by atomic mass is 32.2. The molecule has 1 aliphatic heterocycles. The van der Waals surface area contributed by atoms with E-state index in [4.69, 9.17) is 0 Å². The van der Waals surface area contributed by atoms with Crippen molar-refractivity contribution < 1.29 is 13.2 Å². The predicted octanol–water partition coefficient (Wildman–Crippen LogP) is 1.11. The van der Waals surface area contributed by atoms with E-state index >= 15 is 0 Å². The number of carbonyl (C=O) groups excluding carboxylic acids is 1. The van der Waals surface area contributed by atoms with E-state index in [2.05, 4.69) is 5.32 Å². The predicted molar refractivity (Wildman–Crippen MR) is 85.4 cm³/mol. The molecule has 1 N–H and O–H groups in total. The summed E-state index contributed by atoms with van der Waals surface area (Å²) < 4.78 is 26.8. The summed E-state index contributed by atoms with van der Waals surface area (Å²) in [6.07, 6.45) is 0. The Kier molecular flexibility index (Phi) is 4.92. The highest BCUT2D eigenvalue weighted by Crippen LogP contribution is 2.26. The molecule has 1 saturated heterocycles. The topological polar surface area (TPSA) is 69.7 Å². The second-order valence-electron chi connectivity index (χ2n) is 5.05. The Morgan fingerprint density at radius 1 is 1.43 bits per heavy atom. The van der Waals surface area contributed by atoms with Crippen LogP contribution < -0.4 is 5.32 Å². The fraction of sp³-hybridized carbons (Fsp3) is 0.462. The molecule has 1 aromatic rings. The Morgan fingerprint density at radius 2 is 2.14 bits per heavy atom. The van der Waals surface area contributed by atoms with E-state index < -0.39 is 16.3 Å². The van der Waals surface area contributed by atoms with Crippen LogP contribution >= 0.6 is 11.8 Å². The average molecular weight is 329 g/mol. The Balaban J connectivity index is 2.15. The van der Waals surface area contributed by atoms with Crippen molar-refractivity contribution in [3.63, 3.8) is 0 Å². The van der Waals surface area contributed by atoms with Gasteiger partial charge in [0.15, 0.2) is 0 Å². The molecule has 0 bridgehead atoms. The normalized spacial score (nSPS) is 19.9. The lowest BCUT2D eigenvalue weighted by Gasteiger charge is -2.25.